The number of carbonyl (C=O) groups excluding carboxylic acids is 1. The van der Waals surface area contributed by atoms with E-state index < -0.39 is 29.4 Å². The first kappa shape index (κ1) is 32.4. The molecule has 8 heteroatoms. The minimum Gasteiger partial charge on any atom is -0.496 e. The van der Waals surface area contributed by atoms with Crippen LogP contribution in [-0.4, -0.2) is 54.3 Å². The first-order valence-electron chi connectivity index (χ1n) is 15.7. The summed E-state index contributed by atoms with van der Waals surface area (Å²) in [5.74, 6) is 0.00762. The van der Waals surface area contributed by atoms with E-state index in [2.05, 4.69) is 38.2 Å². The van der Waals surface area contributed by atoms with E-state index in [0.29, 0.717) is 36.8 Å². The maximum absolute atomic E-state index is 14.6. The molecule has 2 heterocycles. The molecule has 0 bridgehead atoms. The second-order valence-electron chi connectivity index (χ2n) is 14.1. The van der Waals surface area contributed by atoms with Gasteiger partial charge in [0, 0.05) is 36.1 Å². The van der Waals surface area contributed by atoms with E-state index in [-0.39, 0.29) is 17.4 Å². The second-order valence-corrected chi connectivity index (χ2v) is 14.1. The minimum atomic E-state index is -1.08. The van der Waals surface area contributed by atoms with Gasteiger partial charge in [-0.15, -0.1) is 0 Å². The summed E-state index contributed by atoms with van der Waals surface area (Å²) >= 11 is 0. The van der Waals surface area contributed by atoms with Gasteiger partial charge in [-0.25, -0.2) is 4.79 Å². The Morgan fingerprint density at radius 3 is 2.24 bits per heavy atom. The van der Waals surface area contributed by atoms with Crippen LogP contribution in [0.15, 0.2) is 66.7 Å². The number of carbonyl (C=O) groups is 2. The number of benzene rings is 3. The third-order valence-corrected chi connectivity index (χ3v) is 8.96. The van der Waals surface area contributed by atoms with Crippen LogP contribution in [0.1, 0.15) is 81.1 Å². The Bertz CT molecular complexity index is 1520. The molecule has 0 aromatic heterocycles. The number of carboxylic acids is 1. The van der Waals surface area contributed by atoms with Crippen LogP contribution >= 0.6 is 0 Å². The molecule has 2 aliphatic rings. The number of fused-ring (bicyclic) bond motifs is 1. The highest BCUT2D eigenvalue weighted by molar-refractivity contribution is 5.98. The summed E-state index contributed by atoms with van der Waals surface area (Å²) in [6, 6.07) is 19.0. The Morgan fingerprint density at radius 1 is 0.933 bits per heavy atom. The predicted octanol–water partition coefficient (Wildman–Crippen LogP) is 6.63. The predicted molar refractivity (Wildman–Crippen MR) is 174 cm³/mol. The van der Waals surface area contributed by atoms with Crippen molar-refractivity contribution in [2.45, 2.75) is 78.0 Å². The van der Waals surface area contributed by atoms with Gasteiger partial charge in [0.1, 0.15) is 11.8 Å². The molecule has 2 aliphatic heterocycles. The van der Waals surface area contributed by atoms with E-state index >= 15 is 0 Å². The average molecular weight is 615 g/mol. The van der Waals surface area contributed by atoms with Crippen molar-refractivity contribution in [2.24, 2.45) is 11.3 Å². The van der Waals surface area contributed by atoms with Crippen molar-refractivity contribution in [1.29, 1.82) is 0 Å². The zero-order valence-corrected chi connectivity index (χ0v) is 27.4. The smallest absolute Gasteiger partial charge is 0.326 e. The standard InChI is InChI=1S/C37H46N2O6/c1-36(2,3)26-15-17-27(43-7)25(20-26)22-38-31-30(37(4,5)6)33(35(41)42)39(32(31)23-12-9-8-10-13-23)34(40)24-14-16-28-29(21-24)45-19-11-18-44-28/h8-10,12-17,20-21,30-33,38H,11,18-19,22H2,1-7H3,(H,41,42)/t30-,31-,32-,33-/m0/s1. The zero-order chi connectivity index (χ0) is 32.5. The highest BCUT2D eigenvalue weighted by atomic mass is 16.5. The first-order valence-corrected chi connectivity index (χ1v) is 15.7. The second kappa shape index (κ2) is 12.8. The fourth-order valence-electron chi connectivity index (χ4n) is 6.76. The van der Waals surface area contributed by atoms with E-state index in [1.807, 2.05) is 57.2 Å². The Labute approximate surface area is 266 Å². The van der Waals surface area contributed by atoms with Gasteiger partial charge in [-0.05, 0) is 46.2 Å². The number of carboxylic acid groups (broad SMARTS) is 1. The summed E-state index contributed by atoms with van der Waals surface area (Å²) in [7, 11) is 1.66. The first-order chi connectivity index (χ1) is 21.3. The molecular formula is C37H46N2O6. The molecule has 1 saturated heterocycles. The molecule has 4 atom stereocenters. The summed E-state index contributed by atoms with van der Waals surface area (Å²) in [5, 5.41) is 14.6. The lowest BCUT2D eigenvalue weighted by Gasteiger charge is -2.35. The fourth-order valence-corrected chi connectivity index (χ4v) is 6.76. The summed E-state index contributed by atoms with van der Waals surface area (Å²) in [6.45, 7) is 14.1. The van der Waals surface area contributed by atoms with E-state index in [4.69, 9.17) is 14.2 Å². The topological polar surface area (TPSA) is 97.3 Å². The van der Waals surface area contributed by atoms with E-state index in [9.17, 15) is 14.7 Å². The van der Waals surface area contributed by atoms with Crippen LogP contribution < -0.4 is 19.5 Å². The van der Waals surface area contributed by atoms with Gasteiger partial charge in [0.05, 0.1) is 26.4 Å². The molecule has 3 aromatic rings. The fraction of sp³-hybridized carbons (Fsp3) is 0.459. The maximum Gasteiger partial charge on any atom is 0.326 e. The van der Waals surface area contributed by atoms with Crippen molar-refractivity contribution in [1.82, 2.24) is 10.2 Å². The van der Waals surface area contributed by atoms with E-state index in [0.717, 1.165) is 23.3 Å². The number of nitrogens with one attached hydrogen (secondary N) is 1. The Kier molecular flexibility index (Phi) is 9.17. The van der Waals surface area contributed by atoms with E-state index in [1.54, 1.807) is 30.2 Å². The molecule has 240 valence electrons. The van der Waals surface area contributed by atoms with Gasteiger partial charge in [0.25, 0.3) is 5.91 Å². The number of ether oxygens (including phenoxy) is 3. The molecule has 8 nitrogen and oxygen atoms in total. The Morgan fingerprint density at radius 2 is 1.62 bits per heavy atom. The van der Waals surface area contributed by atoms with Gasteiger partial charge in [-0.1, -0.05) is 84.0 Å². The lowest BCUT2D eigenvalue weighted by molar-refractivity contribution is -0.144. The molecule has 0 radical (unpaired) electrons. The number of hydrogen-bond acceptors (Lipinski definition) is 6. The molecule has 0 aliphatic carbocycles. The number of hydrogen-bond donors (Lipinski definition) is 2. The lowest BCUT2D eigenvalue weighted by Crippen LogP contribution is -2.48. The third-order valence-electron chi connectivity index (χ3n) is 8.96. The van der Waals surface area contributed by atoms with Crippen LogP contribution in [0.25, 0.3) is 0 Å². The molecule has 1 amide bonds. The molecule has 0 spiro atoms. The van der Waals surface area contributed by atoms with Crippen molar-refractivity contribution >= 4 is 11.9 Å². The highest BCUT2D eigenvalue weighted by Gasteiger charge is 2.58. The highest BCUT2D eigenvalue weighted by Crippen LogP contribution is 2.49. The van der Waals surface area contributed by atoms with Gasteiger partial charge in [0.15, 0.2) is 11.5 Å². The van der Waals surface area contributed by atoms with Crippen molar-refractivity contribution in [3.63, 3.8) is 0 Å². The van der Waals surface area contributed by atoms with Crippen molar-refractivity contribution in [3.05, 3.63) is 89.0 Å². The van der Waals surface area contributed by atoms with Gasteiger partial charge < -0.3 is 29.5 Å². The Hall–Kier alpha value is -4.04. The monoisotopic (exact) mass is 614 g/mol. The minimum absolute atomic E-state index is 0.0604. The van der Waals surface area contributed by atoms with Gasteiger partial charge in [-0.2, -0.15) is 0 Å². The van der Waals surface area contributed by atoms with Gasteiger partial charge in [0.2, 0.25) is 0 Å². The molecule has 45 heavy (non-hydrogen) atoms. The van der Waals surface area contributed by atoms with Gasteiger partial charge >= 0.3 is 5.97 Å². The van der Waals surface area contributed by atoms with Crippen LogP contribution in [0.5, 0.6) is 17.2 Å². The summed E-state index contributed by atoms with van der Waals surface area (Å²) in [6.07, 6.45) is 0.741. The molecule has 0 saturated carbocycles. The van der Waals surface area contributed by atoms with Crippen LogP contribution in [0.3, 0.4) is 0 Å². The lowest BCUT2D eigenvalue weighted by atomic mass is 9.72. The largest absolute Gasteiger partial charge is 0.496 e. The van der Waals surface area contributed by atoms with Crippen molar-refractivity contribution in [2.75, 3.05) is 20.3 Å². The number of nitrogens with zero attached hydrogens (tertiary/aromatic N) is 1. The van der Waals surface area contributed by atoms with Crippen molar-refractivity contribution < 1.29 is 28.9 Å². The normalized spacial score (nSPS) is 21.7. The zero-order valence-electron chi connectivity index (χ0n) is 27.4. The van der Waals surface area contributed by atoms with E-state index in [1.165, 1.54) is 5.56 Å². The maximum atomic E-state index is 14.6. The molecule has 2 N–H and O–H groups in total. The molecule has 1 fully saturated rings. The number of rotatable bonds is 7. The molecular weight excluding hydrogens is 568 g/mol. The van der Waals surface area contributed by atoms with Crippen LogP contribution in [0.4, 0.5) is 0 Å². The molecule has 3 aromatic carbocycles. The number of likely N-dealkylation sites (tertiary alicyclic amines) is 1. The van der Waals surface area contributed by atoms with Crippen LogP contribution in [-0.2, 0) is 16.8 Å². The third kappa shape index (κ3) is 6.66. The number of methoxy groups -OCH3 is 1. The van der Waals surface area contributed by atoms with Crippen molar-refractivity contribution in [3.8, 4) is 17.2 Å². The SMILES string of the molecule is COc1ccc(C(C)(C)C)cc1CN[C@H]1[C@H](C(C)(C)C)[C@@H](C(=O)O)N(C(=O)c2ccc3c(c2)OCCCO3)[C@H]1c1ccccc1. The van der Waals surface area contributed by atoms with Crippen LogP contribution in [0, 0.1) is 11.3 Å². The number of aliphatic carboxylic acids is 1. The average Bonchev–Trinajstić information content (AvgIpc) is 3.18. The Balaban J connectivity index is 1.61. The quantitative estimate of drug-likeness (QED) is 0.309. The summed E-state index contributed by atoms with van der Waals surface area (Å²) in [5.41, 5.74) is 2.85. The summed E-state index contributed by atoms with van der Waals surface area (Å²) in [4.78, 5) is 29.4. The molecule has 5 rings (SSSR count). The summed E-state index contributed by atoms with van der Waals surface area (Å²) < 4.78 is 17.4. The van der Waals surface area contributed by atoms with Gasteiger partial charge in [-0.3, -0.25) is 4.79 Å². The molecule has 0 unspecified atom stereocenters. The van der Waals surface area contributed by atoms with Crippen LogP contribution in [0.2, 0.25) is 0 Å². The number of amides is 1.